The molecule has 1 aliphatic rings. The van der Waals surface area contributed by atoms with Crippen LogP contribution in [-0.4, -0.2) is 38.4 Å². The zero-order chi connectivity index (χ0) is 19.9. The molecule has 27 heavy (non-hydrogen) atoms. The fourth-order valence-corrected chi connectivity index (χ4v) is 2.91. The molecule has 0 amide bonds. The van der Waals surface area contributed by atoms with Gasteiger partial charge in [0.05, 0.1) is 0 Å². The van der Waals surface area contributed by atoms with Crippen LogP contribution in [0.4, 0.5) is 5.69 Å². The minimum Gasteiger partial charge on any atom is -0.483 e. The maximum Gasteiger partial charge on any atom is 0.290 e. The van der Waals surface area contributed by atoms with Crippen molar-refractivity contribution >= 4 is 25.0 Å². The molecule has 0 radical (unpaired) electrons. The molecule has 0 bridgehead atoms. The molecule has 1 unspecified atom stereocenters. The fourth-order valence-electron chi connectivity index (χ4n) is 2.91. The lowest BCUT2D eigenvalue weighted by molar-refractivity contribution is -0.122. The Balaban J connectivity index is 0.000000238. The van der Waals surface area contributed by atoms with Gasteiger partial charge in [-0.05, 0) is 55.8 Å². The Morgan fingerprint density at radius 1 is 1.22 bits per heavy atom. The molecule has 2 aromatic carbocycles. The summed E-state index contributed by atoms with van der Waals surface area (Å²) in [5.41, 5.74) is 4.99. The van der Waals surface area contributed by atoms with Crippen LogP contribution < -0.4 is 10.6 Å². The third-order valence-electron chi connectivity index (χ3n) is 4.27. The van der Waals surface area contributed by atoms with Crippen LogP contribution in [0.5, 0.6) is 0 Å². The van der Waals surface area contributed by atoms with Crippen LogP contribution in [0.2, 0.25) is 0 Å². The maximum absolute atomic E-state index is 8.36. The first-order valence-corrected chi connectivity index (χ1v) is 8.91. The van der Waals surface area contributed by atoms with E-state index in [9.17, 15) is 0 Å². The van der Waals surface area contributed by atoms with Gasteiger partial charge in [0, 0.05) is 31.0 Å². The molecule has 0 aliphatic carbocycles. The summed E-state index contributed by atoms with van der Waals surface area (Å²) in [6.45, 7) is 7.56. The van der Waals surface area contributed by atoms with Crippen molar-refractivity contribution in [3.05, 3.63) is 71.4 Å². The SMILES string of the molecule is C=N/C=C\c1c(C)cccc1NC.O=CO.c1ccc(C2CCNC2)cc1. The van der Waals surface area contributed by atoms with E-state index in [1.807, 2.05) is 25.3 Å². The van der Waals surface area contributed by atoms with E-state index in [2.05, 4.69) is 65.7 Å². The van der Waals surface area contributed by atoms with Crippen molar-refractivity contribution in [1.29, 1.82) is 0 Å². The number of aliphatic imine (C=N–C) groups is 1. The average Bonchev–Trinajstić information content (AvgIpc) is 3.23. The Kier molecular flexibility index (Phi) is 10.9. The summed E-state index contributed by atoms with van der Waals surface area (Å²) < 4.78 is 0. The predicted molar refractivity (Wildman–Crippen MR) is 115 cm³/mol. The Hall–Kier alpha value is -2.92. The van der Waals surface area contributed by atoms with Crippen molar-refractivity contribution < 1.29 is 9.90 Å². The molecule has 1 heterocycles. The Morgan fingerprint density at radius 3 is 2.48 bits per heavy atom. The second-order valence-electron chi connectivity index (χ2n) is 5.99. The van der Waals surface area contributed by atoms with Gasteiger partial charge in [-0.2, -0.15) is 0 Å². The summed E-state index contributed by atoms with van der Waals surface area (Å²) in [5.74, 6) is 0.760. The number of carboxylic acid groups (broad SMARTS) is 1. The van der Waals surface area contributed by atoms with Crippen molar-refractivity contribution in [1.82, 2.24) is 5.32 Å². The van der Waals surface area contributed by atoms with Gasteiger partial charge in [-0.1, -0.05) is 42.5 Å². The highest BCUT2D eigenvalue weighted by molar-refractivity contribution is 5.69. The van der Waals surface area contributed by atoms with Crippen LogP contribution in [0.15, 0.2) is 59.7 Å². The molecule has 1 saturated heterocycles. The van der Waals surface area contributed by atoms with Gasteiger partial charge in [-0.15, -0.1) is 0 Å². The fraction of sp³-hybridized carbons (Fsp3) is 0.273. The van der Waals surface area contributed by atoms with Gasteiger partial charge < -0.3 is 15.7 Å². The van der Waals surface area contributed by atoms with Gasteiger partial charge in [0.25, 0.3) is 6.47 Å². The number of anilines is 1. The maximum atomic E-state index is 8.36. The summed E-state index contributed by atoms with van der Waals surface area (Å²) >= 11 is 0. The Bertz CT molecular complexity index is 709. The van der Waals surface area contributed by atoms with Gasteiger partial charge in [-0.25, -0.2) is 0 Å². The third kappa shape index (κ3) is 7.88. The molecule has 144 valence electrons. The summed E-state index contributed by atoms with van der Waals surface area (Å²) in [4.78, 5) is 12.1. The lowest BCUT2D eigenvalue weighted by Gasteiger charge is -2.07. The van der Waals surface area contributed by atoms with Crippen molar-refractivity contribution in [2.75, 3.05) is 25.5 Å². The van der Waals surface area contributed by atoms with E-state index in [-0.39, 0.29) is 6.47 Å². The number of rotatable bonds is 4. The molecule has 3 rings (SSSR count). The van der Waals surface area contributed by atoms with Crippen LogP contribution in [0.1, 0.15) is 29.0 Å². The molecule has 1 fully saturated rings. The number of hydrogen-bond donors (Lipinski definition) is 3. The molecule has 5 heteroatoms. The highest BCUT2D eigenvalue weighted by Crippen LogP contribution is 2.21. The second kappa shape index (κ2) is 13.3. The highest BCUT2D eigenvalue weighted by Gasteiger charge is 2.15. The molecule has 5 nitrogen and oxygen atoms in total. The number of hydrogen-bond acceptors (Lipinski definition) is 4. The molecule has 1 atom stereocenters. The van der Waals surface area contributed by atoms with Crippen molar-refractivity contribution in [2.24, 2.45) is 4.99 Å². The van der Waals surface area contributed by atoms with Gasteiger partial charge in [0.15, 0.2) is 0 Å². The van der Waals surface area contributed by atoms with Gasteiger partial charge >= 0.3 is 0 Å². The van der Waals surface area contributed by atoms with E-state index in [0.717, 1.165) is 23.7 Å². The largest absolute Gasteiger partial charge is 0.483 e. The molecule has 0 spiro atoms. The zero-order valence-electron chi connectivity index (χ0n) is 16.1. The van der Waals surface area contributed by atoms with Crippen LogP contribution >= 0.6 is 0 Å². The number of benzene rings is 2. The van der Waals surface area contributed by atoms with Crippen molar-refractivity contribution in [3.63, 3.8) is 0 Å². The van der Waals surface area contributed by atoms with E-state index in [4.69, 9.17) is 9.90 Å². The normalized spacial score (nSPS) is 15.1. The van der Waals surface area contributed by atoms with E-state index in [1.54, 1.807) is 6.20 Å². The summed E-state index contributed by atoms with van der Waals surface area (Å²) in [6, 6.07) is 16.9. The molecule has 1 aliphatic heterocycles. The van der Waals surface area contributed by atoms with Crippen LogP contribution in [0.25, 0.3) is 6.08 Å². The molecule has 2 aromatic rings. The zero-order valence-corrected chi connectivity index (χ0v) is 16.1. The molecule has 3 N–H and O–H groups in total. The number of aryl methyl sites for hydroxylation is 1. The highest BCUT2D eigenvalue weighted by atomic mass is 16.3. The Morgan fingerprint density at radius 2 is 1.93 bits per heavy atom. The van der Waals surface area contributed by atoms with E-state index in [0.29, 0.717) is 0 Å². The first-order valence-electron chi connectivity index (χ1n) is 8.91. The lowest BCUT2D eigenvalue weighted by Crippen LogP contribution is -2.07. The third-order valence-corrected chi connectivity index (χ3v) is 4.27. The molecular formula is C22H29N3O2. The smallest absolute Gasteiger partial charge is 0.290 e. The number of carbonyl (C=O) groups is 1. The van der Waals surface area contributed by atoms with E-state index in [1.165, 1.54) is 24.1 Å². The average molecular weight is 367 g/mol. The lowest BCUT2D eigenvalue weighted by atomic mass is 9.99. The van der Waals surface area contributed by atoms with E-state index >= 15 is 0 Å². The molecular weight excluding hydrogens is 338 g/mol. The standard InChI is InChI=1S/C11H14N2.C10H13N.CH2O2/c1-9-5-4-6-11(13-3)10(9)7-8-12-2;1-2-4-9(5-3-1)10-6-7-11-8-10;2-1-3/h4-8,13H,2H2,1,3H3;1-5,10-11H,6-8H2;1H,(H,2,3)/b8-7-;;. The quantitative estimate of drug-likeness (QED) is 0.560. The first kappa shape index (κ1) is 22.1. The van der Waals surface area contributed by atoms with Gasteiger partial charge in [0.1, 0.15) is 0 Å². The minimum atomic E-state index is -0.250. The number of nitrogens with zero attached hydrogens (tertiary/aromatic N) is 1. The van der Waals surface area contributed by atoms with Gasteiger partial charge in [-0.3, -0.25) is 9.79 Å². The minimum absolute atomic E-state index is 0.250. The van der Waals surface area contributed by atoms with Crippen molar-refractivity contribution in [2.45, 2.75) is 19.3 Å². The van der Waals surface area contributed by atoms with E-state index < -0.39 is 0 Å². The Labute approximate surface area is 161 Å². The molecule has 0 aromatic heterocycles. The first-order chi connectivity index (χ1) is 13.2. The molecule has 0 saturated carbocycles. The summed E-state index contributed by atoms with van der Waals surface area (Å²) in [5, 5.41) is 13.4. The van der Waals surface area contributed by atoms with Gasteiger partial charge in [0.2, 0.25) is 0 Å². The van der Waals surface area contributed by atoms with Crippen molar-refractivity contribution in [3.8, 4) is 0 Å². The topological polar surface area (TPSA) is 73.7 Å². The van der Waals surface area contributed by atoms with Crippen LogP contribution in [-0.2, 0) is 4.79 Å². The monoisotopic (exact) mass is 367 g/mol. The predicted octanol–water partition coefficient (Wildman–Crippen LogP) is 4.17. The second-order valence-corrected chi connectivity index (χ2v) is 5.99. The van der Waals surface area contributed by atoms with Crippen LogP contribution in [0, 0.1) is 6.92 Å². The number of nitrogens with one attached hydrogen (secondary N) is 2. The summed E-state index contributed by atoms with van der Waals surface area (Å²) in [7, 11) is 1.91. The van der Waals surface area contributed by atoms with Crippen LogP contribution in [0.3, 0.4) is 0 Å². The summed E-state index contributed by atoms with van der Waals surface area (Å²) in [6.07, 6.45) is 4.95.